The number of hydrogen-bond acceptors (Lipinski definition) is 6. The third kappa shape index (κ3) is 5.03. The topological polar surface area (TPSA) is 68.2 Å². The zero-order valence-electron chi connectivity index (χ0n) is 11.7. The van der Waals surface area contributed by atoms with E-state index in [4.69, 9.17) is 4.74 Å². The summed E-state index contributed by atoms with van der Waals surface area (Å²) >= 11 is 3.19. The highest BCUT2D eigenvalue weighted by Gasteiger charge is 2.11. The minimum Gasteiger partial charge on any atom is -0.464 e. The van der Waals surface area contributed by atoms with Crippen LogP contribution >= 0.6 is 16.1 Å². The van der Waals surface area contributed by atoms with E-state index in [2.05, 4.69) is 32.6 Å². The fraction of sp³-hybridized carbons (Fsp3) is 0.214. The Labute approximate surface area is 131 Å². The molecule has 0 fully saturated rings. The van der Waals surface area contributed by atoms with Crippen molar-refractivity contribution in [2.24, 2.45) is 5.10 Å². The number of ether oxygens (including phenoxy) is 2. The van der Waals surface area contributed by atoms with Gasteiger partial charge in [0.15, 0.2) is 0 Å². The maximum atomic E-state index is 11.7. The Hall–Kier alpha value is -2.15. The molecule has 0 saturated heterocycles. The van der Waals surface area contributed by atoms with E-state index in [1.807, 2.05) is 0 Å². The van der Waals surface area contributed by atoms with E-state index >= 15 is 0 Å². The van der Waals surface area contributed by atoms with Crippen LogP contribution in [-0.4, -0.2) is 31.4 Å². The smallest absolute Gasteiger partial charge is 0.353 e. The molecule has 0 aliphatic rings. The Morgan fingerprint density at radius 2 is 2.19 bits per heavy atom. The molecule has 1 rings (SSSR count). The lowest BCUT2D eigenvalue weighted by molar-refractivity contribution is -0.132. The van der Waals surface area contributed by atoms with Crippen molar-refractivity contribution in [3.63, 3.8) is 0 Å². The van der Waals surface area contributed by atoms with Crippen LogP contribution in [0.4, 0.5) is 5.69 Å². The molecule has 0 aliphatic carbocycles. The number of methoxy groups -OCH3 is 1. The number of rotatable bonds is 6. The third-order valence-electron chi connectivity index (χ3n) is 2.35. The van der Waals surface area contributed by atoms with Crippen molar-refractivity contribution >= 4 is 39.5 Å². The van der Waals surface area contributed by atoms with Crippen molar-refractivity contribution in [1.29, 1.82) is 0 Å². The lowest BCUT2D eigenvalue weighted by Gasteiger charge is -2.12. The van der Waals surface area contributed by atoms with Crippen molar-refractivity contribution in [1.82, 2.24) is 0 Å². The second-order valence-corrected chi connectivity index (χ2v) is 4.55. The molecule has 1 aromatic carbocycles. The summed E-state index contributed by atoms with van der Waals surface area (Å²) in [4.78, 5) is 23.0. The largest absolute Gasteiger partial charge is 0.464 e. The second-order valence-electron chi connectivity index (χ2n) is 3.87. The van der Waals surface area contributed by atoms with E-state index in [0.29, 0.717) is 11.3 Å². The molecule has 0 unspecified atom stereocenters. The first-order valence-corrected chi connectivity index (χ1v) is 6.68. The molecule has 0 aromatic heterocycles. The molecule has 0 N–H and O–H groups in total. The van der Waals surface area contributed by atoms with Gasteiger partial charge < -0.3 is 9.47 Å². The standard InChI is InChI=1S/C14H15BrN2O4/c1-4-8-21-14(19)11-6-5-7-12(9-11)17(15)16-10(2)13(18)20-3/h4-7,9H,1,8H2,2-3H3/b16-10+. The van der Waals surface area contributed by atoms with Crippen LogP contribution in [0.2, 0.25) is 0 Å². The highest BCUT2D eigenvalue weighted by Crippen LogP contribution is 2.20. The van der Waals surface area contributed by atoms with Crippen LogP contribution in [0.5, 0.6) is 0 Å². The number of hydrogen-bond donors (Lipinski definition) is 0. The van der Waals surface area contributed by atoms with Crippen LogP contribution in [0, 0.1) is 0 Å². The molecule has 7 heteroatoms. The Balaban J connectivity index is 2.91. The Bertz CT molecular complexity index is 572. The normalized spacial score (nSPS) is 10.7. The summed E-state index contributed by atoms with van der Waals surface area (Å²) < 4.78 is 10.8. The molecule has 112 valence electrons. The van der Waals surface area contributed by atoms with Gasteiger partial charge in [0.25, 0.3) is 0 Å². The summed E-state index contributed by atoms with van der Waals surface area (Å²) in [5, 5.41) is 4.00. The van der Waals surface area contributed by atoms with Gasteiger partial charge in [-0.15, -0.1) is 0 Å². The Morgan fingerprint density at radius 1 is 1.48 bits per heavy atom. The number of halogens is 1. The molecule has 0 amide bonds. The van der Waals surface area contributed by atoms with Gasteiger partial charge in [-0.1, -0.05) is 18.7 Å². The van der Waals surface area contributed by atoms with Crippen LogP contribution in [0.3, 0.4) is 0 Å². The quantitative estimate of drug-likeness (QED) is 0.258. The van der Waals surface area contributed by atoms with Crippen molar-refractivity contribution in [3.8, 4) is 0 Å². The van der Waals surface area contributed by atoms with Gasteiger partial charge in [0, 0.05) is 0 Å². The van der Waals surface area contributed by atoms with Crippen molar-refractivity contribution < 1.29 is 19.1 Å². The number of nitrogens with zero attached hydrogens (tertiary/aromatic N) is 2. The number of hydrazone groups is 1. The molecule has 0 bridgehead atoms. The maximum Gasteiger partial charge on any atom is 0.353 e. The third-order valence-corrected chi connectivity index (χ3v) is 2.91. The van der Waals surface area contributed by atoms with E-state index in [0.717, 1.165) is 0 Å². The summed E-state index contributed by atoms with van der Waals surface area (Å²) in [5.41, 5.74) is 1.09. The predicted octanol–water partition coefficient (Wildman–Crippen LogP) is 2.69. The molecule has 0 atom stereocenters. The number of anilines is 1. The minimum absolute atomic E-state index is 0.140. The van der Waals surface area contributed by atoms with Gasteiger partial charge in [-0.05, 0) is 25.1 Å². The van der Waals surface area contributed by atoms with Crippen molar-refractivity contribution in [2.75, 3.05) is 17.8 Å². The fourth-order valence-corrected chi connectivity index (χ4v) is 1.80. The summed E-state index contributed by atoms with van der Waals surface area (Å²) in [6.07, 6.45) is 1.49. The van der Waals surface area contributed by atoms with Crippen LogP contribution in [0.1, 0.15) is 17.3 Å². The zero-order valence-corrected chi connectivity index (χ0v) is 13.3. The van der Waals surface area contributed by atoms with Crippen LogP contribution in [0.15, 0.2) is 42.0 Å². The Kier molecular flexibility index (Phi) is 6.61. The molecule has 0 heterocycles. The maximum absolute atomic E-state index is 11.7. The highest BCUT2D eigenvalue weighted by atomic mass is 79.9. The van der Waals surface area contributed by atoms with E-state index < -0.39 is 11.9 Å². The summed E-state index contributed by atoms with van der Waals surface area (Å²) in [6, 6.07) is 6.59. The lowest BCUT2D eigenvalue weighted by Crippen LogP contribution is -2.16. The fourth-order valence-electron chi connectivity index (χ4n) is 1.34. The first-order chi connectivity index (χ1) is 9.99. The lowest BCUT2D eigenvalue weighted by atomic mass is 10.2. The molecule has 0 radical (unpaired) electrons. The van der Waals surface area contributed by atoms with Gasteiger partial charge in [-0.25, -0.2) is 9.59 Å². The SMILES string of the molecule is C=CCOC(=O)c1cccc(N(Br)/N=C(\C)C(=O)OC)c1. The predicted molar refractivity (Wildman–Crippen MR) is 83.5 cm³/mol. The van der Waals surface area contributed by atoms with Crippen molar-refractivity contribution in [3.05, 3.63) is 42.5 Å². The van der Waals surface area contributed by atoms with Gasteiger partial charge in [0.1, 0.15) is 12.3 Å². The van der Waals surface area contributed by atoms with Crippen LogP contribution in [0.25, 0.3) is 0 Å². The van der Waals surface area contributed by atoms with E-state index in [1.165, 1.54) is 24.1 Å². The second kappa shape index (κ2) is 8.21. The van der Waals surface area contributed by atoms with Gasteiger partial charge in [0.2, 0.25) is 0 Å². The molecular formula is C14H15BrN2O4. The van der Waals surface area contributed by atoms with Crippen LogP contribution < -0.4 is 4.03 Å². The van der Waals surface area contributed by atoms with E-state index in [9.17, 15) is 9.59 Å². The summed E-state index contributed by atoms with van der Waals surface area (Å²) in [6.45, 7) is 5.13. The van der Waals surface area contributed by atoms with E-state index in [-0.39, 0.29) is 12.3 Å². The van der Waals surface area contributed by atoms with Gasteiger partial charge in [-0.3, -0.25) is 0 Å². The monoisotopic (exact) mass is 354 g/mol. The average molecular weight is 355 g/mol. The number of benzene rings is 1. The molecular weight excluding hydrogens is 340 g/mol. The molecule has 0 saturated carbocycles. The molecule has 0 aliphatic heterocycles. The number of esters is 2. The van der Waals surface area contributed by atoms with Crippen LogP contribution in [-0.2, 0) is 14.3 Å². The zero-order chi connectivity index (χ0) is 15.8. The molecule has 1 aromatic rings. The molecule has 6 nitrogen and oxygen atoms in total. The Morgan fingerprint density at radius 3 is 2.81 bits per heavy atom. The van der Waals surface area contributed by atoms with Gasteiger partial charge in [0.05, 0.1) is 34.5 Å². The van der Waals surface area contributed by atoms with Gasteiger partial charge >= 0.3 is 11.9 Å². The number of carbonyl (C=O) groups is 2. The van der Waals surface area contributed by atoms with E-state index in [1.54, 1.807) is 24.3 Å². The van der Waals surface area contributed by atoms with Crippen molar-refractivity contribution in [2.45, 2.75) is 6.92 Å². The number of carbonyl (C=O) groups excluding carboxylic acids is 2. The highest BCUT2D eigenvalue weighted by molar-refractivity contribution is 9.10. The summed E-state index contributed by atoms with van der Waals surface area (Å²) in [7, 11) is 1.27. The minimum atomic E-state index is -0.541. The summed E-state index contributed by atoms with van der Waals surface area (Å²) in [5.74, 6) is -1.01. The van der Waals surface area contributed by atoms with Gasteiger partial charge in [-0.2, -0.15) is 9.14 Å². The average Bonchev–Trinajstić information content (AvgIpc) is 2.51. The molecule has 21 heavy (non-hydrogen) atoms. The molecule has 0 spiro atoms. The first kappa shape index (κ1) is 16.9. The first-order valence-electron chi connectivity index (χ1n) is 5.97.